The molecule has 0 aliphatic rings. The van der Waals surface area contributed by atoms with Crippen molar-refractivity contribution in [3.63, 3.8) is 0 Å². The smallest absolute Gasteiger partial charge is 0.319 e. The molecule has 3 N–H and O–H groups in total. The molecule has 0 aliphatic carbocycles. The van der Waals surface area contributed by atoms with Crippen LogP contribution in [-0.4, -0.2) is 29.6 Å². The summed E-state index contributed by atoms with van der Waals surface area (Å²) in [6, 6.07) is 6.33. The molecule has 5 heteroatoms. The third kappa shape index (κ3) is 5.01. The lowest BCUT2D eigenvalue weighted by molar-refractivity contribution is 0.101. The van der Waals surface area contributed by atoms with Crippen molar-refractivity contribution in [1.29, 1.82) is 0 Å². The molecule has 110 valence electrons. The second-order valence-corrected chi connectivity index (χ2v) is 5.09. The highest BCUT2D eigenvalue weighted by atomic mass is 16.3. The lowest BCUT2D eigenvalue weighted by Crippen LogP contribution is -2.41. The maximum absolute atomic E-state index is 11.9. The number of Topliss-reactive ketones (excluding diaryl/α,β-unsaturated/α-hetero) is 1. The van der Waals surface area contributed by atoms with Crippen molar-refractivity contribution >= 4 is 17.5 Å². The Morgan fingerprint density at radius 2 is 1.80 bits per heavy atom. The summed E-state index contributed by atoms with van der Waals surface area (Å²) in [5.41, 5.74) is 1.23. The fraction of sp³-hybridized carbons (Fsp3) is 0.467. The van der Waals surface area contributed by atoms with Gasteiger partial charge in [-0.2, -0.15) is 0 Å². The Hall–Kier alpha value is -1.88. The molecular weight excluding hydrogens is 256 g/mol. The van der Waals surface area contributed by atoms with E-state index in [1.807, 2.05) is 13.8 Å². The fourth-order valence-corrected chi connectivity index (χ4v) is 1.84. The number of benzene rings is 1. The van der Waals surface area contributed by atoms with E-state index in [1.54, 1.807) is 24.3 Å². The normalized spacial score (nSPS) is 12.1. The van der Waals surface area contributed by atoms with Crippen molar-refractivity contribution in [3.05, 3.63) is 29.8 Å². The fourth-order valence-electron chi connectivity index (χ4n) is 1.84. The number of rotatable bonds is 6. The molecule has 0 radical (unpaired) electrons. The number of nitrogens with one attached hydrogen (secondary N) is 2. The summed E-state index contributed by atoms with van der Waals surface area (Å²) in [7, 11) is 0. The zero-order valence-electron chi connectivity index (χ0n) is 12.1. The van der Waals surface area contributed by atoms with Crippen LogP contribution in [0.5, 0.6) is 0 Å². The minimum Gasteiger partial charge on any atom is -0.396 e. The van der Waals surface area contributed by atoms with Gasteiger partial charge >= 0.3 is 6.03 Å². The number of carbonyl (C=O) groups excluding carboxylic acids is 2. The molecule has 0 aromatic heterocycles. The van der Waals surface area contributed by atoms with Gasteiger partial charge in [0, 0.05) is 23.9 Å². The molecule has 1 atom stereocenters. The predicted molar refractivity (Wildman–Crippen MR) is 78.9 cm³/mol. The standard InChI is InChI=1S/C15H22N2O3/c1-10(2)14(8-9-18)17-15(20)16-13-6-4-12(5-7-13)11(3)19/h4-7,10,14,18H,8-9H2,1-3H3,(H2,16,17,20). The number of aliphatic hydroxyl groups is 1. The molecule has 0 aliphatic heterocycles. The number of amides is 2. The van der Waals surface area contributed by atoms with E-state index in [0.717, 1.165) is 0 Å². The average molecular weight is 278 g/mol. The van der Waals surface area contributed by atoms with Gasteiger partial charge in [-0.1, -0.05) is 13.8 Å². The summed E-state index contributed by atoms with van der Waals surface area (Å²) in [5, 5.41) is 14.5. The average Bonchev–Trinajstić information content (AvgIpc) is 2.38. The Kier molecular flexibility index (Phi) is 6.18. The van der Waals surface area contributed by atoms with Crippen LogP contribution in [0.15, 0.2) is 24.3 Å². The molecule has 5 nitrogen and oxygen atoms in total. The number of ketones is 1. The van der Waals surface area contributed by atoms with Crippen molar-refractivity contribution in [2.45, 2.75) is 33.2 Å². The van der Waals surface area contributed by atoms with Gasteiger partial charge in [0.15, 0.2) is 5.78 Å². The van der Waals surface area contributed by atoms with E-state index in [2.05, 4.69) is 10.6 Å². The summed E-state index contributed by atoms with van der Waals surface area (Å²) in [6.45, 7) is 5.51. The highest BCUT2D eigenvalue weighted by Gasteiger charge is 2.15. The van der Waals surface area contributed by atoms with Crippen LogP contribution >= 0.6 is 0 Å². The number of hydrogen-bond donors (Lipinski definition) is 3. The highest BCUT2D eigenvalue weighted by molar-refractivity contribution is 5.95. The van der Waals surface area contributed by atoms with Crippen LogP contribution in [-0.2, 0) is 0 Å². The third-order valence-electron chi connectivity index (χ3n) is 3.11. The number of urea groups is 1. The molecule has 1 aromatic carbocycles. The molecule has 1 unspecified atom stereocenters. The molecule has 0 saturated heterocycles. The van der Waals surface area contributed by atoms with Gasteiger partial charge in [0.2, 0.25) is 0 Å². The van der Waals surface area contributed by atoms with E-state index >= 15 is 0 Å². The predicted octanol–water partition coefficient (Wildman–Crippen LogP) is 2.42. The quantitative estimate of drug-likeness (QED) is 0.699. The first-order valence-electron chi connectivity index (χ1n) is 6.73. The Morgan fingerprint density at radius 3 is 2.25 bits per heavy atom. The van der Waals surface area contributed by atoms with Crippen molar-refractivity contribution in [3.8, 4) is 0 Å². The first kappa shape index (κ1) is 16.2. The minimum atomic E-state index is -0.312. The summed E-state index contributed by atoms with van der Waals surface area (Å²) in [4.78, 5) is 23.0. The summed E-state index contributed by atoms with van der Waals surface area (Å²) >= 11 is 0. The van der Waals surface area contributed by atoms with E-state index < -0.39 is 0 Å². The van der Waals surface area contributed by atoms with Crippen LogP contribution in [0.1, 0.15) is 37.6 Å². The highest BCUT2D eigenvalue weighted by Crippen LogP contribution is 2.11. The van der Waals surface area contributed by atoms with Gasteiger partial charge < -0.3 is 15.7 Å². The lowest BCUT2D eigenvalue weighted by atomic mass is 10.0. The van der Waals surface area contributed by atoms with E-state index in [-0.39, 0.29) is 30.4 Å². The molecule has 2 amide bonds. The van der Waals surface area contributed by atoms with Crippen molar-refractivity contribution in [2.24, 2.45) is 5.92 Å². The summed E-state index contributed by atoms with van der Waals surface area (Å²) in [6.07, 6.45) is 0.522. The number of aliphatic hydroxyl groups excluding tert-OH is 1. The lowest BCUT2D eigenvalue weighted by Gasteiger charge is -2.21. The zero-order chi connectivity index (χ0) is 15.1. The Morgan fingerprint density at radius 1 is 1.20 bits per heavy atom. The molecular formula is C15H22N2O3. The van der Waals surface area contributed by atoms with Gasteiger partial charge in [0.1, 0.15) is 0 Å². The second kappa shape index (κ2) is 7.65. The molecule has 0 heterocycles. The molecule has 0 spiro atoms. The zero-order valence-corrected chi connectivity index (χ0v) is 12.1. The van der Waals surface area contributed by atoms with Crippen LogP contribution in [0.4, 0.5) is 10.5 Å². The van der Waals surface area contributed by atoms with Gasteiger partial charge in [0.05, 0.1) is 0 Å². The first-order valence-corrected chi connectivity index (χ1v) is 6.73. The minimum absolute atomic E-state index is 0.0104. The topological polar surface area (TPSA) is 78.4 Å². The number of hydrogen-bond acceptors (Lipinski definition) is 3. The molecule has 1 rings (SSSR count). The van der Waals surface area contributed by atoms with Crippen LogP contribution in [0.2, 0.25) is 0 Å². The van der Waals surface area contributed by atoms with Gasteiger partial charge in [-0.25, -0.2) is 4.79 Å². The molecule has 0 saturated carbocycles. The molecule has 1 aromatic rings. The first-order chi connectivity index (χ1) is 9.43. The van der Waals surface area contributed by atoms with Gasteiger partial charge in [-0.3, -0.25) is 4.79 Å². The maximum Gasteiger partial charge on any atom is 0.319 e. The van der Waals surface area contributed by atoms with Crippen LogP contribution < -0.4 is 10.6 Å². The maximum atomic E-state index is 11.9. The van der Waals surface area contributed by atoms with Crippen molar-refractivity contribution in [2.75, 3.05) is 11.9 Å². The van der Waals surface area contributed by atoms with Gasteiger partial charge in [0.25, 0.3) is 0 Å². The van der Waals surface area contributed by atoms with Crippen LogP contribution in [0.25, 0.3) is 0 Å². The molecule has 20 heavy (non-hydrogen) atoms. The van der Waals surface area contributed by atoms with Crippen molar-refractivity contribution < 1.29 is 14.7 Å². The van der Waals surface area contributed by atoms with E-state index in [4.69, 9.17) is 5.11 Å². The third-order valence-corrected chi connectivity index (χ3v) is 3.11. The largest absolute Gasteiger partial charge is 0.396 e. The Balaban J connectivity index is 2.59. The second-order valence-electron chi connectivity index (χ2n) is 5.09. The van der Waals surface area contributed by atoms with E-state index in [1.165, 1.54) is 6.92 Å². The summed E-state index contributed by atoms with van der Waals surface area (Å²) < 4.78 is 0. The van der Waals surface area contributed by atoms with Crippen LogP contribution in [0, 0.1) is 5.92 Å². The van der Waals surface area contributed by atoms with E-state index in [9.17, 15) is 9.59 Å². The molecule has 0 bridgehead atoms. The number of anilines is 1. The summed E-state index contributed by atoms with van der Waals surface area (Å²) in [5.74, 6) is 0.233. The van der Waals surface area contributed by atoms with Gasteiger partial charge in [-0.05, 0) is 43.5 Å². The SMILES string of the molecule is CC(=O)c1ccc(NC(=O)NC(CCO)C(C)C)cc1. The molecule has 0 fully saturated rings. The van der Waals surface area contributed by atoms with E-state index in [0.29, 0.717) is 17.7 Å². The monoisotopic (exact) mass is 278 g/mol. The van der Waals surface area contributed by atoms with Gasteiger partial charge in [-0.15, -0.1) is 0 Å². The van der Waals surface area contributed by atoms with Crippen molar-refractivity contribution in [1.82, 2.24) is 5.32 Å². The van der Waals surface area contributed by atoms with Crippen LogP contribution in [0.3, 0.4) is 0 Å². The Bertz CT molecular complexity index is 455. The number of carbonyl (C=O) groups is 2. The Labute approximate surface area is 119 Å².